The second-order valence-corrected chi connectivity index (χ2v) is 8.82. The topological polar surface area (TPSA) is 58.1 Å². The Bertz CT molecular complexity index is 1030. The van der Waals surface area contributed by atoms with Crippen LogP contribution < -0.4 is 10.2 Å². The molecule has 1 fully saturated rings. The molecule has 0 spiro atoms. The molecule has 3 heterocycles. The number of carbonyl (C=O) groups is 1. The van der Waals surface area contributed by atoms with Crippen molar-refractivity contribution in [1.29, 1.82) is 0 Å². The first-order chi connectivity index (χ1) is 15.6. The quantitative estimate of drug-likeness (QED) is 0.544. The number of nitrogens with one attached hydrogen (secondary N) is 1. The molecule has 0 aliphatic carbocycles. The number of carbonyl (C=O) groups excluding carboxylic acids is 1. The van der Waals surface area contributed by atoms with Crippen molar-refractivity contribution < 1.29 is 4.79 Å². The summed E-state index contributed by atoms with van der Waals surface area (Å²) in [6.45, 7) is 6.16. The molecule has 0 atom stereocenters. The maximum Gasteiger partial charge on any atom is 0.259 e. The number of aromatic nitrogens is 2. The maximum absolute atomic E-state index is 13.1. The van der Waals surface area contributed by atoms with E-state index in [0.29, 0.717) is 5.56 Å². The zero-order valence-electron chi connectivity index (χ0n) is 19.1. The van der Waals surface area contributed by atoms with Crippen molar-refractivity contribution >= 4 is 17.4 Å². The van der Waals surface area contributed by atoms with Gasteiger partial charge >= 0.3 is 0 Å². The van der Waals surface area contributed by atoms with E-state index in [4.69, 9.17) is 4.98 Å². The molecule has 1 N–H and O–H groups in total. The second-order valence-electron chi connectivity index (χ2n) is 8.82. The number of rotatable bonds is 7. The molecule has 32 heavy (non-hydrogen) atoms. The van der Waals surface area contributed by atoms with Gasteiger partial charge < -0.3 is 10.2 Å². The van der Waals surface area contributed by atoms with Gasteiger partial charge in [-0.3, -0.25) is 9.78 Å². The average molecular weight is 429 g/mol. The molecular weight excluding hydrogens is 396 g/mol. The standard InChI is InChI=1S/C27H32N4O/c1-20-15-18-31(19-16-20)26-25(14-9-21(2)29-26)27(32)30-24-12-10-22(11-13-24)6-5-8-23-7-3-4-17-28-23/h3-4,7,9-14,17,20H,5-6,8,15-16,18-19H2,1-2H3,(H,30,32). The number of hydrogen-bond acceptors (Lipinski definition) is 4. The van der Waals surface area contributed by atoms with Crippen molar-refractivity contribution in [3.8, 4) is 0 Å². The van der Waals surface area contributed by atoms with Crippen molar-refractivity contribution in [2.24, 2.45) is 5.92 Å². The number of anilines is 2. The fourth-order valence-corrected chi connectivity index (χ4v) is 4.15. The Balaban J connectivity index is 1.37. The highest BCUT2D eigenvalue weighted by Crippen LogP contribution is 2.26. The number of piperidine rings is 1. The van der Waals surface area contributed by atoms with Crippen LogP contribution in [0.1, 0.15) is 53.5 Å². The number of pyridine rings is 2. The first-order valence-corrected chi connectivity index (χ1v) is 11.6. The first kappa shape index (κ1) is 22.0. The van der Waals surface area contributed by atoms with Crippen molar-refractivity contribution in [3.05, 3.63) is 83.3 Å². The summed E-state index contributed by atoms with van der Waals surface area (Å²) < 4.78 is 0. The molecule has 0 bridgehead atoms. The molecule has 1 aliphatic rings. The smallest absolute Gasteiger partial charge is 0.259 e. The molecule has 0 radical (unpaired) electrons. The maximum atomic E-state index is 13.1. The highest BCUT2D eigenvalue weighted by atomic mass is 16.1. The van der Waals surface area contributed by atoms with E-state index in [1.807, 2.05) is 49.5 Å². The van der Waals surface area contributed by atoms with Gasteiger partial charge in [0.25, 0.3) is 5.91 Å². The third-order valence-corrected chi connectivity index (χ3v) is 6.18. The van der Waals surface area contributed by atoms with Crippen LogP contribution >= 0.6 is 0 Å². The Morgan fingerprint density at radius 2 is 1.81 bits per heavy atom. The number of amides is 1. The molecule has 166 valence electrons. The minimum atomic E-state index is -0.103. The van der Waals surface area contributed by atoms with Crippen LogP contribution in [0.4, 0.5) is 11.5 Å². The van der Waals surface area contributed by atoms with Gasteiger partial charge in [-0.2, -0.15) is 0 Å². The minimum Gasteiger partial charge on any atom is -0.356 e. The zero-order valence-corrected chi connectivity index (χ0v) is 19.1. The van der Waals surface area contributed by atoms with Crippen LogP contribution in [0.25, 0.3) is 0 Å². The highest BCUT2D eigenvalue weighted by Gasteiger charge is 2.22. The fraction of sp³-hybridized carbons (Fsp3) is 0.370. The zero-order chi connectivity index (χ0) is 22.3. The van der Waals surface area contributed by atoms with Crippen molar-refractivity contribution in [2.75, 3.05) is 23.3 Å². The summed E-state index contributed by atoms with van der Waals surface area (Å²) in [6.07, 6.45) is 7.13. The summed E-state index contributed by atoms with van der Waals surface area (Å²) in [5.41, 5.74) is 4.78. The van der Waals surface area contributed by atoms with E-state index >= 15 is 0 Å². The van der Waals surface area contributed by atoms with E-state index in [-0.39, 0.29) is 5.91 Å². The Labute approximate surface area is 190 Å². The van der Waals surface area contributed by atoms with Crippen LogP contribution in [0.3, 0.4) is 0 Å². The molecule has 5 heteroatoms. The molecule has 0 saturated carbocycles. The van der Waals surface area contributed by atoms with Crippen LogP contribution in [-0.4, -0.2) is 29.0 Å². The van der Waals surface area contributed by atoms with Gasteiger partial charge in [0.15, 0.2) is 0 Å². The van der Waals surface area contributed by atoms with Gasteiger partial charge in [-0.05, 0) is 86.9 Å². The number of nitrogens with zero attached hydrogens (tertiary/aromatic N) is 3. The van der Waals surface area contributed by atoms with Crippen molar-refractivity contribution in [2.45, 2.75) is 46.0 Å². The summed E-state index contributed by atoms with van der Waals surface area (Å²) in [4.78, 5) is 24.4. The van der Waals surface area contributed by atoms with Crippen LogP contribution in [0.15, 0.2) is 60.8 Å². The largest absolute Gasteiger partial charge is 0.356 e. The van der Waals surface area contributed by atoms with Crippen LogP contribution in [0.5, 0.6) is 0 Å². The van der Waals surface area contributed by atoms with Crippen LogP contribution in [0.2, 0.25) is 0 Å². The lowest BCUT2D eigenvalue weighted by Gasteiger charge is -2.32. The Morgan fingerprint density at radius 1 is 1.03 bits per heavy atom. The third kappa shape index (κ3) is 5.72. The molecule has 2 aromatic heterocycles. The van der Waals surface area contributed by atoms with Gasteiger partial charge in [0.05, 0.1) is 5.56 Å². The van der Waals surface area contributed by atoms with Crippen molar-refractivity contribution in [3.63, 3.8) is 0 Å². The lowest BCUT2D eigenvalue weighted by Crippen LogP contribution is -2.35. The summed E-state index contributed by atoms with van der Waals surface area (Å²) in [5.74, 6) is 1.44. The van der Waals surface area contributed by atoms with E-state index in [2.05, 4.69) is 40.3 Å². The van der Waals surface area contributed by atoms with E-state index in [1.165, 1.54) is 5.56 Å². The second kappa shape index (κ2) is 10.4. The van der Waals surface area contributed by atoms with E-state index in [9.17, 15) is 4.79 Å². The van der Waals surface area contributed by atoms with E-state index < -0.39 is 0 Å². The fourth-order valence-electron chi connectivity index (χ4n) is 4.15. The molecule has 3 aromatic rings. The molecule has 0 unspecified atom stereocenters. The highest BCUT2D eigenvalue weighted by molar-refractivity contribution is 6.07. The Morgan fingerprint density at radius 3 is 2.53 bits per heavy atom. The lowest BCUT2D eigenvalue weighted by molar-refractivity contribution is 0.102. The number of hydrogen-bond donors (Lipinski definition) is 1. The van der Waals surface area contributed by atoms with E-state index in [1.54, 1.807) is 0 Å². The molecule has 1 aromatic carbocycles. The van der Waals surface area contributed by atoms with Gasteiger partial charge in [-0.25, -0.2) is 4.98 Å². The summed E-state index contributed by atoms with van der Waals surface area (Å²) in [7, 11) is 0. The molecule has 1 aliphatic heterocycles. The van der Waals surface area contributed by atoms with Gasteiger partial charge in [0.1, 0.15) is 5.82 Å². The number of benzene rings is 1. The predicted octanol–water partition coefficient (Wildman–Crippen LogP) is 5.45. The molecule has 1 amide bonds. The van der Waals surface area contributed by atoms with Gasteiger partial charge in [-0.15, -0.1) is 0 Å². The minimum absolute atomic E-state index is 0.103. The van der Waals surface area contributed by atoms with Gasteiger partial charge in [-0.1, -0.05) is 25.1 Å². The average Bonchev–Trinajstić information content (AvgIpc) is 2.81. The summed E-state index contributed by atoms with van der Waals surface area (Å²) in [6, 6.07) is 18.0. The normalized spacial score (nSPS) is 14.4. The van der Waals surface area contributed by atoms with Gasteiger partial charge in [0.2, 0.25) is 0 Å². The van der Waals surface area contributed by atoms with Crippen molar-refractivity contribution in [1.82, 2.24) is 9.97 Å². The summed E-state index contributed by atoms with van der Waals surface area (Å²) >= 11 is 0. The Hall–Kier alpha value is -3.21. The number of aryl methyl sites for hydroxylation is 3. The van der Waals surface area contributed by atoms with Gasteiger partial charge in [0, 0.05) is 36.4 Å². The lowest BCUT2D eigenvalue weighted by atomic mass is 9.99. The third-order valence-electron chi connectivity index (χ3n) is 6.18. The van der Waals surface area contributed by atoms with Crippen LogP contribution in [0, 0.1) is 12.8 Å². The molecule has 5 nitrogen and oxygen atoms in total. The Kier molecular flexibility index (Phi) is 7.15. The molecular formula is C27H32N4O. The first-order valence-electron chi connectivity index (χ1n) is 11.6. The predicted molar refractivity (Wildman–Crippen MR) is 130 cm³/mol. The monoisotopic (exact) mass is 428 g/mol. The SMILES string of the molecule is Cc1ccc(C(=O)Nc2ccc(CCCc3ccccn3)cc2)c(N2CCC(C)CC2)n1. The molecule has 4 rings (SSSR count). The summed E-state index contributed by atoms with van der Waals surface area (Å²) in [5, 5.41) is 3.06. The molecule has 1 saturated heterocycles. The van der Waals surface area contributed by atoms with Crippen LogP contribution in [-0.2, 0) is 12.8 Å². The van der Waals surface area contributed by atoms with E-state index in [0.717, 1.165) is 74.0 Å².